The van der Waals surface area contributed by atoms with Crippen molar-refractivity contribution in [2.24, 2.45) is 0 Å². The van der Waals surface area contributed by atoms with Gasteiger partial charge in [0.25, 0.3) is 10.0 Å². The number of esters is 1. The van der Waals surface area contributed by atoms with E-state index in [0.29, 0.717) is 5.56 Å². The van der Waals surface area contributed by atoms with Crippen molar-refractivity contribution in [1.82, 2.24) is 0 Å². The molecule has 0 unspecified atom stereocenters. The molecule has 0 amide bonds. The van der Waals surface area contributed by atoms with Crippen LogP contribution in [0.25, 0.3) is 11.1 Å². The molecule has 0 aromatic heterocycles. The first-order chi connectivity index (χ1) is 14.7. The Morgan fingerprint density at radius 3 is 2.32 bits per heavy atom. The van der Waals surface area contributed by atoms with Gasteiger partial charge in [-0.15, -0.1) is 0 Å². The van der Waals surface area contributed by atoms with Crippen LogP contribution in [0, 0.1) is 0 Å². The van der Waals surface area contributed by atoms with Crippen molar-refractivity contribution in [3.8, 4) is 11.1 Å². The maximum atomic E-state index is 12.9. The van der Waals surface area contributed by atoms with Crippen LogP contribution in [0.4, 0.5) is 5.69 Å². The maximum absolute atomic E-state index is 12.9. The fourth-order valence-electron chi connectivity index (χ4n) is 2.88. The second-order valence-corrected chi connectivity index (χ2v) is 8.91. The van der Waals surface area contributed by atoms with Crippen LogP contribution in [0.15, 0.2) is 76.1 Å². The third-order valence-electron chi connectivity index (χ3n) is 4.33. The van der Waals surface area contributed by atoms with Gasteiger partial charge in [-0.3, -0.25) is 4.72 Å². The normalized spacial score (nSPS) is 11.0. The van der Waals surface area contributed by atoms with Gasteiger partial charge in [0.1, 0.15) is 4.90 Å². The molecule has 0 saturated carbocycles. The Bertz CT molecular complexity index is 1240. The average Bonchev–Trinajstić information content (AvgIpc) is 2.74. The minimum atomic E-state index is -4.14. The summed E-state index contributed by atoms with van der Waals surface area (Å²) in [4.78, 5) is 23.5. The zero-order valence-electron chi connectivity index (χ0n) is 16.3. The molecule has 0 fully saturated rings. The van der Waals surface area contributed by atoms with Gasteiger partial charge in [-0.05, 0) is 64.3 Å². The summed E-state index contributed by atoms with van der Waals surface area (Å²) in [6, 6.07) is 17.5. The lowest BCUT2D eigenvalue weighted by Gasteiger charge is -2.14. The molecule has 9 heteroatoms. The van der Waals surface area contributed by atoms with Gasteiger partial charge in [-0.1, -0.05) is 36.4 Å². The van der Waals surface area contributed by atoms with Crippen LogP contribution < -0.4 is 4.72 Å². The zero-order valence-corrected chi connectivity index (χ0v) is 18.7. The van der Waals surface area contributed by atoms with E-state index in [-0.39, 0.29) is 32.8 Å². The number of carbonyl (C=O) groups is 2. The number of benzene rings is 3. The number of aromatic carboxylic acids is 1. The number of hydrogen-bond donors (Lipinski definition) is 2. The molecule has 0 bridgehead atoms. The number of rotatable bonds is 7. The first-order valence-corrected chi connectivity index (χ1v) is 11.4. The molecular formula is C22H18BrNO6S. The Morgan fingerprint density at radius 1 is 1.00 bits per heavy atom. The van der Waals surface area contributed by atoms with Crippen molar-refractivity contribution in [3.05, 3.63) is 82.3 Å². The van der Waals surface area contributed by atoms with Crippen LogP contribution in [0.5, 0.6) is 0 Å². The largest absolute Gasteiger partial charge is 0.478 e. The predicted molar refractivity (Wildman–Crippen MR) is 120 cm³/mol. The number of carboxylic acid groups (broad SMARTS) is 1. The minimum Gasteiger partial charge on any atom is -0.478 e. The molecule has 0 atom stereocenters. The summed E-state index contributed by atoms with van der Waals surface area (Å²) < 4.78 is 33.2. The predicted octanol–water partition coefficient (Wildman–Crippen LogP) is 4.79. The number of anilines is 1. The molecule has 0 radical (unpaired) electrons. The molecule has 0 aliphatic rings. The lowest BCUT2D eigenvalue weighted by Crippen LogP contribution is -2.16. The standard InChI is InChI=1S/C22H18BrNO6S/c1-2-30-22(27)16-9-11-20(18(23)13-16)31(28,29)24-19-10-8-15(12-17(19)21(25)26)14-6-4-3-5-7-14/h3-13,24H,2H2,1H3,(H,25,26). The Hall–Kier alpha value is -3.17. The smallest absolute Gasteiger partial charge is 0.338 e. The van der Waals surface area contributed by atoms with Gasteiger partial charge < -0.3 is 9.84 Å². The Kier molecular flexibility index (Phi) is 6.77. The van der Waals surface area contributed by atoms with E-state index in [4.69, 9.17) is 4.74 Å². The quantitative estimate of drug-likeness (QED) is 0.448. The Morgan fingerprint density at radius 2 is 1.71 bits per heavy atom. The van der Waals surface area contributed by atoms with Crippen LogP contribution >= 0.6 is 15.9 Å². The summed E-state index contributed by atoms with van der Waals surface area (Å²) >= 11 is 3.16. The molecule has 3 rings (SSSR count). The summed E-state index contributed by atoms with van der Waals surface area (Å²) in [6.07, 6.45) is 0. The van der Waals surface area contributed by atoms with E-state index >= 15 is 0 Å². The van der Waals surface area contributed by atoms with Crippen LogP contribution in [0.1, 0.15) is 27.6 Å². The molecule has 2 N–H and O–H groups in total. The Balaban J connectivity index is 1.96. The van der Waals surface area contributed by atoms with Crippen LogP contribution in [-0.4, -0.2) is 32.1 Å². The lowest BCUT2D eigenvalue weighted by molar-refractivity contribution is 0.0525. The maximum Gasteiger partial charge on any atom is 0.338 e. The van der Waals surface area contributed by atoms with E-state index in [9.17, 15) is 23.1 Å². The number of hydrogen-bond acceptors (Lipinski definition) is 5. The number of ether oxygens (including phenoxy) is 1. The van der Waals surface area contributed by atoms with Crippen molar-refractivity contribution >= 4 is 43.6 Å². The van der Waals surface area contributed by atoms with Gasteiger partial charge in [0.05, 0.1) is 23.4 Å². The van der Waals surface area contributed by atoms with Gasteiger partial charge in [0, 0.05) is 4.47 Å². The SMILES string of the molecule is CCOC(=O)c1ccc(S(=O)(=O)Nc2ccc(-c3ccccc3)cc2C(=O)O)c(Br)c1. The fraction of sp³-hybridized carbons (Fsp3) is 0.0909. The van der Waals surface area contributed by atoms with Gasteiger partial charge in [-0.2, -0.15) is 0 Å². The molecule has 3 aromatic rings. The number of nitrogens with one attached hydrogen (secondary N) is 1. The van der Waals surface area contributed by atoms with Gasteiger partial charge in [0.2, 0.25) is 0 Å². The lowest BCUT2D eigenvalue weighted by atomic mass is 10.0. The average molecular weight is 504 g/mol. The molecule has 0 heterocycles. The van der Waals surface area contributed by atoms with Crippen LogP contribution in [0.3, 0.4) is 0 Å². The van der Waals surface area contributed by atoms with Crippen molar-refractivity contribution in [1.29, 1.82) is 0 Å². The summed E-state index contributed by atoms with van der Waals surface area (Å²) in [5.74, 6) is -1.85. The second kappa shape index (κ2) is 9.32. The molecule has 0 aliphatic carbocycles. The molecule has 7 nitrogen and oxygen atoms in total. The highest BCUT2D eigenvalue weighted by molar-refractivity contribution is 9.10. The minimum absolute atomic E-state index is 0.0754. The van der Waals surface area contributed by atoms with E-state index in [2.05, 4.69) is 20.7 Å². The van der Waals surface area contributed by atoms with Crippen molar-refractivity contribution < 1.29 is 27.9 Å². The summed E-state index contributed by atoms with van der Waals surface area (Å²) in [5, 5.41) is 9.61. The second-order valence-electron chi connectivity index (χ2n) is 6.40. The van der Waals surface area contributed by atoms with E-state index in [0.717, 1.165) is 5.56 Å². The highest BCUT2D eigenvalue weighted by Gasteiger charge is 2.22. The highest BCUT2D eigenvalue weighted by Crippen LogP contribution is 2.29. The van der Waals surface area contributed by atoms with Crippen LogP contribution in [0.2, 0.25) is 0 Å². The van der Waals surface area contributed by atoms with Crippen molar-refractivity contribution in [2.75, 3.05) is 11.3 Å². The molecule has 31 heavy (non-hydrogen) atoms. The number of carboxylic acids is 1. The molecular weight excluding hydrogens is 486 g/mol. The third kappa shape index (κ3) is 5.12. The summed E-state index contributed by atoms with van der Waals surface area (Å²) in [6.45, 7) is 1.85. The van der Waals surface area contributed by atoms with Gasteiger partial charge in [-0.25, -0.2) is 18.0 Å². The first kappa shape index (κ1) is 22.5. The van der Waals surface area contributed by atoms with Gasteiger partial charge in [0.15, 0.2) is 0 Å². The highest BCUT2D eigenvalue weighted by atomic mass is 79.9. The summed E-state index contributed by atoms with van der Waals surface area (Å²) in [5.41, 5.74) is 1.36. The molecule has 160 valence electrons. The van der Waals surface area contributed by atoms with E-state index in [1.807, 2.05) is 30.3 Å². The number of carbonyl (C=O) groups excluding carboxylic acids is 1. The molecule has 0 aliphatic heterocycles. The van der Waals surface area contributed by atoms with Crippen molar-refractivity contribution in [3.63, 3.8) is 0 Å². The zero-order chi connectivity index (χ0) is 22.6. The fourth-order valence-corrected chi connectivity index (χ4v) is 5.04. The number of halogens is 1. The third-order valence-corrected chi connectivity index (χ3v) is 6.68. The molecule has 0 spiro atoms. The molecule has 3 aromatic carbocycles. The van der Waals surface area contributed by atoms with Gasteiger partial charge >= 0.3 is 11.9 Å². The van der Waals surface area contributed by atoms with E-state index in [1.54, 1.807) is 13.0 Å². The Labute approximate surface area is 187 Å². The number of sulfonamides is 1. The topological polar surface area (TPSA) is 110 Å². The van der Waals surface area contributed by atoms with E-state index in [1.165, 1.54) is 30.3 Å². The monoisotopic (exact) mass is 503 g/mol. The first-order valence-electron chi connectivity index (χ1n) is 9.15. The van der Waals surface area contributed by atoms with Crippen LogP contribution in [-0.2, 0) is 14.8 Å². The van der Waals surface area contributed by atoms with E-state index < -0.39 is 22.0 Å². The molecule has 0 saturated heterocycles. The van der Waals surface area contributed by atoms with Crippen molar-refractivity contribution in [2.45, 2.75) is 11.8 Å². The summed E-state index contributed by atoms with van der Waals surface area (Å²) in [7, 11) is -4.14.